The first kappa shape index (κ1) is 11.5. The van der Waals surface area contributed by atoms with Crippen LogP contribution in [0.25, 0.3) is 10.9 Å². The van der Waals surface area contributed by atoms with Gasteiger partial charge in [0.1, 0.15) is 5.82 Å². The quantitative estimate of drug-likeness (QED) is 0.847. The first-order valence-electron chi connectivity index (χ1n) is 6.09. The highest BCUT2D eigenvalue weighted by Gasteiger charge is 2.21. The van der Waals surface area contributed by atoms with E-state index in [2.05, 4.69) is 21.7 Å². The zero-order valence-corrected chi connectivity index (χ0v) is 10.2. The van der Waals surface area contributed by atoms with Gasteiger partial charge in [0.2, 0.25) is 5.91 Å². The number of fused-ring (bicyclic) bond motifs is 1. The van der Waals surface area contributed by atoms with Crippen molar-refractivity contribution in [2.24, 2.45) is 0 Å². The Labute approximate surface area is 110 Å². The standard InChI is InChI=1S/C14H12N4O/c15-7-9-5-13(17-10-6-14(19)16-8-10)18-12-4-2-1-3-11(9)12/h1-5,10H,6,8H2,(H,16,19)(H,17,18). The second-order valence-corrected chi connectivity index (χ2v) is 4.53. The fraction of sp³-hybridized carbons (Fsp3) is 0.214. The number of nitrogens with one attached hydrogen (secondary N) is 2. The number of amides is 1. The average molecular weight is 252 g/mol. The maximum Gasteiger partial charge on any atom is 0.222 e. The number of aromatic nitrogens is 1. The van der Waals surface area contributed by atoms with Crippen LogP contribution in [0.1, 0.15) is 12.0 Å². The number of carbonyl (C=O) groups is 1. The molecule has 94 valence electrons. The third kappa shape index (κ3) is 2.20. The molecule has 2 N–H and O–H groups in total. The molecule has 1 aliphatic heterocycles. The number of para-hydroxylation sites is 1. The van der Waals surface area contributed by atoms with Gasteiger partial charge in [0.25, 0.3) is 0 Å². The van der Waals surface area contributed by atoms with E-state index in [-0.39, 0.29) is 11.9 Å². The fourth-order valence-corrected chi connectivity index (χ4v) is 2.26. The van der Waals surface area contributed by atoms with Crippen LogP contribution in [-0.2, 0) is 4.79 Å². The van der Waals surface area contributed by atoms with E-state index >= 15 is 0 Å². The molecule has 1 atom stereocenters. The van der Waals surface area contributed by atoms with Gasteiger partial charge in [-0.3, -0.25) is 4.79 Å². The number of benzene rings is 1. The van der Waals surface area contributed by atoms with Gasteiger partial charge < -0.3 is 10.6 Å². The summed E-state index contributed by atoms with van der Waals surface area (Å²) in [6.45, 7) is 0.592. The summed E-state index contributed by atoms with van der Waals surface area (Å²) in [4.78, 5) is 15.6. The summed E-state index contributed by atoms with van der Waals surface area (Å²) in [5, 5.41) is 16.0. The predicted octanol–water partition coefficient (Wildman–Crippen LogP) is 1.41. The van der Waals surface area contributed by atoms with Crippen LogP contribution in [0.3, 0.4) is 0 Å². The van der Waals surface area contributed by atoms with Gasteiger partial charge >= 0.3 is 0 Å². The Bertz CT molecular complexity index is 689. The molecule has 0 bridgehead atoms. The average Bonchev–Trinajstić information content (AvgIpc) is 2.83. The van der Waals surface area contributed by atoms with Crippen molar-refractivity contribution in [3.05, 3.63) is 35.9 Å². The van der Waals surface area contributed by atoms with E-state index in [1.807, 2.05) is 24.3 Å². The number of anilines is 1. The number of rotatable bonds is 2. The van der Waals surface area contributed by atoms with Gasteiger partial charge in [0, 0.05) is 18.4 Å². The van der Waals surface area contributed by atoms with Crippen LogP contribution in [0, 0.1) is 11.3 Å². The molecule has 1 amide bonds. The highest BCUT2D eigenvalue weighted by molar-refractivity contribution is 5.86. The Morgan fingerprint density at radius 1 is 1.42 bits per heavy atom. The van der Waals surface area contributed by atoms with Crippen LogP contribution >= 0.6 is 0 Å². The van der Waals surface area contributed by atoms with Crippen molar-refractivity contribution in [2.45, 2.75) is 12.5 Å². The molecule has 2 heterocycles. The summed E-state index contributed by atoms with van der Waals surface area (Å²) in [6.07, 6.45) is 0.441. The van der Waals surface area contributed by atoms with E-state index in [0.29, 0.717) is 24.3 Å². The van der Waals surface area contributed by atoms with Crippen LogP contribution in [0.4, 0.5) is 5.82 Å². The van der Waals surface area contributed by atoms with Gasteiger partial charge in [-0.25, -0.2) is 4.98 Å². The van der Waals surface area contributed by atoms with Crippen molar-refractivity contribution in [2.75, 3.05) is 11.9 Å². The normalized spacial score (nSPS) is 18.1. The van der Waals surface area contributed by atoms with E-state index in [0.717, 1.165) is 10.9 Å². The third-order valence-corrected chi connectivity index (χ3v) is 3.17. The molecule has 2 aromatic rings. The Hall–Kier alpha value is -2.61. The van der Waals surface area contributed by atoms with E-state index in [9.17, 15) is 10.1 Å². The Balaban J connectivity index is 1.96. The van der Waals surface area contributed by atoms with Crippen LogP contribution < -0.4 is 10.6 Å². The molecule has 0 aliphatic carbocycles. The third-order valence-electron chi connectivity index (χ3n) is 3.17. The lowest BCUT2D eigenvalue weighted by molar-refractivity contribution is -0.119. The molecule has 1 unspecified atom stereocenters. The molecule has 0 saturated carbocycles. The maximum absolute atomic E-state index is 11.2. The summed E-state index contributed by atoms with van der Waals surface area (Å²) < 4.78 is 0. The molecule has 5 nitrogen and oxygen atoms in total. The van der Waals surface area contributed by atoms with Crippen molar-refractivity contribution >= 4 is 22.6 Å². The van der Waals surface area contributed by atoms with Gasteiger partial charge in [-0.05, 0) is 12.1 Å². The minimum Gasteiger partial charge on any atom is -0.365 e. The monoisotopic (exact) mass is 252 g/mol. The van der Waals surface area contributed by atoms with Gasteiger partial charge in [-0.1, -0.05) is 18.2 Å². The van der Waals surface area contributed by atoms with E-state index in [1.165, 1.54) is 0 Å². The van der Waals surface area contributed by atoms with Crippen molar-refractivity contribution in [3.8, 4) is 6.07 Å². The second kappa shape index (κ2) is 4.58. The zero-order valence-electron chi connectivity index (χ0n) is 10.2. The first-order valence-corrected chi connectivity index (χ1v) is 6.09. The summed E-state index contributed by atoms with van der Waals surface area (Å²) in [6, 6.07) is 11.5. The minimum absolute atomic E-state index is 0.0349. The molecular weight excluding hydrogens is 240 g/mol. The molecule has 19 heavy (non-hydrogen) atoms. The molecule has 1 aromatic carbocycles. The molecule has 1 aromatic heterocycles. The lowest BCUT2D eigenvalue weighted by atomic mass is 10.1. The van der Waals surface area contributed by atoms with Gasteiger partial charge in [-0.2, -0.15) is 5.26 Å². The van der Waals surface area contributed by atoms with Crippen molar-refractivity contribution in [3.63, 3.8) is 0 Å². The Kier molecular flexibility index (Phi) is 2.76. The number of carbonyl (C=O) groups excluding carboxylic acids is 1. The number of hydrogen-bond acceptors (Lipinski definition) is 4. The number of nitriles is 1. The van der Waals surface area contributed by atoms with Crippen LogP contribution in [0.15, 0.2) is 30.3 Å². The topological polar surface area (TPSA) is 77.8 Å². The SMILES string of the molecule is N#Cc1cc(NC2CNC(=O)C2)nc2ccccc12. The van der Waals surface area contributed by atoms with E-state index < -0.39 is 0 Å². The fourth-order valence-electron chi connectivity index (χ4n) is 2.26. The zero-order chi connectivity index (χ0) is 13.2. The molecule has 1 fully saturated rings. The summed E-state index contributed by atoms with van der Waals surface area (Å²) in [7, 11) is 0. The van der Waals surface area contributed by atoms with Gasteiger partial charge in [-0.15, -0.1) is 0 Å². The maximum atomic E-state index is 11.2. The smallest absolute Gasteiger partial charge is 0.222 e. The first-order chi connectivity index (χ1) is 9.26. The van der Waals surface area contributed by atoms with Crippen molar-refractivity contribution in [1.29, 1.82) is 5.26 Å². The summed E-state index contributed by atoms with van der Waals surface area (Å²) in [5.41, 5.74) is 1.37. The van der Waals surface area contributed by atoms with Crippen molar-refractivity contribution in [1.82, 2.24) is 10.3 Å². The number of nitrogens with zero attached hydrogens (tertiary/aromatic N) is 2. The van der Waals surface area contributed by atoms with E-state index in [1.54, 1.807) is 6.07 Å². The summed E-state index contributed by atoms with van der Waals surface area (Å²) in [5.74, 6) is 0.676. The minimum atomic E-state index is 0.0349. The van der Waals surface area contributed by atoms with Crippen molar-refractivity contribution < 1.29 is 4.79 Å². The highest BCUT2D eigenvalue weighted by atomic mass is 16.1. The molecule has 0 radical (unpaired) electrons. The van der Waals surface area contributed by atoms with Crippen LogP contribution in [0.5, 0.6) is 0 Å². The molecule has 1 saturated heterocycles. The molecular formula is C14H12N4O. The van der Waals surface area contributed by atoms with E-state index in [4.69, 9.17) is 0 Å². The molecule has 0 spiro atoms. The predicted molar refractivity (Wildman–Crippen MR) is 71.5 cm³/mol. The second-order valence-electron chi connectivity index (χ2n) is 4.53. The Morgan fingerprint density at radius 3 is 3.00 bits per heavy atom. The largest absolute Gasteiger partial charge is 0.365 e. The van der Waals surface area contributed by atoms with Crippen LogP contribution in [-0.4, -0.2) is 23.5 Å². The lowest BCUT2D eigenvalue weighted by Crippen LogP contribution is -2.22. The molecule has 1 aliphatic rings. The number of pyridine rings is 1. The summed E-state index contributed by atoms with van der Waals surface area (Å²) >= 11 is 0. The van der Waals surface area contributed by atoms with Gasteiger partial charge in [0.15, 0.2) is 0 Å². The van der Waals surface area contributed by atoms with Crippen LogP contribution in [0.2, 0.25) is 0 Å². The Morgan fingerprint density at radius 2 is 2.26 bits per heavy atom. The number of hydrogen-bond donors (Lipinski definition) is 2. The lowest BCUT2D eigenvalue weighted by Gasteiger charge is -2.12. The molecule has 5 heteroatoms. The molecule has 3 rings (SSSR count). The van der Waals surface area contributed by atoms with Gasteiger partial charge in [0.05, 0.1) is 23.2 Å². The highest BCUT2D eigenvalue weighted by Crippen LogP contribution is 2.21.